The number of carbonyl (C=O) groups is 1. The van der Waals surface area contributed by atoms with E-state index in [0.29, 0.717) is 11.3 Å². The Morgan fingerprint density at radius 1 is 1.37 bits per heavy atom. The monoisotopic (exact) mass is 384 g/mol. The second-order valence-electron chi connectivity index (χ2n) is 4.35. The zero-order valence-corrected chi connectivity index (χ0v) is 14.0. The summed E-state index contributed by atoms with van der Waals surface area (Å²) in [5, 5.41) is 4.24. The molecule has 19 heavy (non-hydrogen) atoms. The molecule has 5 heteroatoms. The minimum absolute atomic E-state index is 0.00262. The lowest BCUT2D eigenvalue weighted by molar-refractivity contribution is 0.102. The average Bonchev–Trinajstić information content (AvgIpc) is 2.70. The van der Waals surface area contributed by atoms with E-state index < -0.39 is 0 Å². The third kappa shape index (κ3) is 2.98. The standard InChI is InChI=1S/C14H14Br2N2O/c1-3-6-18-13(12(16)8-17-18)14(19)11-5-4-10(15)7-9(11)2/h4-5,7-8H,3,6H2,1-2H3. The maximum Gasteiger partial charge on any atom is 0.212 e. The molecule has 0 aliphatic rings. The van der Waals surface area contributed by atoms with Crippen LogP contribution in [0.4, 0.5) is 0 Å². The van der Waals surface area contributed by atoms with Gasteiger partial charge in [-0.15, -0.1) is 0 Å². The molecule has 0 saturated heterocycles. The second kappa shape index (κ2) is 6.01. The third-order valence-electron chi connectivity index (χ3n) is 2.88. The third-order valence-corrected chi connectivity index (χ3v) is 3.95. The molecule has 0 radical (unpaired) electrons. The van der Waals surface area contributed by atoms with Gasteiger partial charge in [0, 0.05) is 16.6 Å². The first kappa shape index (κ1) is 14.5. The van der Waals surface area contributed by atoms with Gasteiger partial charge in [-0.2, -0.15) is 5.10 Å². The van der Waals surface area contributed by atoms with Gasteiger partial charge in [0.15, 0.2) is 0 Å². The van der Waals surface area contributed by atoms with Crippen molar-refractivity contribution >= 4 is 37.6 Å². The van der Waals surface area contributed by atoms with Gasteiger partial charge in [0.05, 0.1) is 10.7 Å². The summed E-state index contributed by atoms with van der Waals surface area (Å²) in [5.74, 6) is 0.00262. The van der Waals surface area contributed by atoms with E-state index in [1.165, 1.54) is 0 Å². The zero-order valence-electron chi connectivity index (χ0n) is 10.8. The van der Waals surface area contributed by atoms with Crippen LogP contribution < -0.4 is 0 Å². The van der Waals surface area contributed by atoms with Crippen LogP contribution in [0.15, 0.2) is 33.3 Å². The van der Waals surface area contributed by atoms with Crippen molar-refractivity contribution in [2.24, 2.45) is 0 Å². The lowest BCUT2D eigenvalue weighted by atomic mass is 10.0. The summed E-state index contributed by atoms with van der Waals surface area (Å²) in [6.45, 7) is 4.74. The molecule has 1 aromatic carbocycles. The molecule has 0 saturated carbocycles. The summed E-state index contributed by atoms with van der Waals surface area (Å²) < 4.78 is 3.48. The summed E-state index contributed by atoms with van der Waals surface area (Å²) >= 11 is 6.82. The second-order valence-corrected chi connectivity index (χ2v) is 6.12. The van der Waals surface area contributed by atoms with Crippen LogP contribution in [0.1, 0.15) is 35.0 Å². The number of hydrogen-bond donors (Lipinski definition) is 0. The van der Waals surface area contributed by atoms with Gasteiger partial charge >= 0.3 is 0 Å². The Morgan fingerprint density at radius 2 is 2.11 bits per heavy atom. The van der Waals surface area contributed by atoms with Gasteiger partial charge < -0.3 is 0 Å². The maximum atomic E-state index is 12.6. The summed E-state index contributed by atoms with van der Waals surface area (Å²) in [4.78, 5) is 12.6. The van der Waals surface area contributed by atoms with E-state index in [4.69, 9.17) is 0 Å². The van der Waals surface area contributed by atoms with Crippen LogP contribution in [0.3, 0.4) is 0 Å². The van der Waals surface area contributed by atoms with Gasteiger partial charge in [-0.1, -0.05) is 22.9 Å². The highest BCUT2D eigenvalue weighted by Gasteiger charge is 2.20. The minimum atomic E-state index is 0.00262. The molecule has 1 aromatic heterocycles. The van der Waals surface area contributed by atoms with Gasteiger partial charge in [-0.25, -0.2) is 0 Å². The van der Waals surface area contributed by atoms with Crippen LogP contribution in [0.5, 0.6) is 0 Å². The van der Waals surface area contributed by atoms with Crippen molar-refractivity contribution in [1.29, 1.82) is 0 Å². The van der Waals surface area contributed by atoms with Gasteiger partial charge in [-0.3, -0.25) is 9.48 Å². The van der Waals surface area contributed by atoms with Crippen molar-refractivity contribution < 1.29 is 4.79 Å². The average molecular weight is 386 g/mol. The number of halogens is 2. The zero-order chi connectivity index (χ0) is 14.0. The summed E-state index contributed by atoms with van der Waals surface area (Å²) in [7, 11) is 0. The molecule has 0 N–H and O–H groups in total. The molecular formula is C14H14Br2N2O. The molecule has 2 aromatic rings. The molecular weight excluding hydrogens is 372 g/mol. The Morgan fingerprint density at radius 3 is 2.74 bits per heavy atom. The molecule has 0 bridgehead atoms. The fourth-order valence-corrected chi connectivity index (χ4v) is 2.93. The van der Waals surface area contributed by atoms with Gasteiger partial charge in [-0.05, 0) is 53.0 Å². The van der Waals surface area contributed by atoms with Crippen molar-refractivity contribution in [1.82, 2.24) is 9.78 Å². The fraction of sp³-hybridized carbons (Fsp3) is 0.286. The topological polar surface area (TPSA) is 34.9 Å². The summed E-state index contributed by atoms with van der Waals surface area (Å²) in [6.07, 6.45) is 2.62. The van der Waals surface area contributed by atoms with Crippen LogP contribution >= 0.6 is 31.9 Å². The van der Waals surface area contributed by atoms with E-state index in [1.807, 2.05) is 25.1 Å². The number of aryl methyl sites for hydroxylation is 2. The molecule has 1 heterocycles. The van der Waals surface area contributed by atoms with Gasteiger partial charge in [0.1, 0.15) is 5.69 Å². The van der Waals surface area contributed by atoms with Gasteiger partial charge in [0.2, 0.25) is 5.78 Å². The number of nitrogens with zero attached hydrogens (tertiary/aromatic N) is 2. The van der Waals surface area contributed by atoms with Crippen molar-refractivity contribution in [3.63, 3.8) is 0 Å². The van der Waals surface area contributed by atoms with Crippen LogP contribution in [0.2, 0.25) is 0 Å². The molecule has 0 fully saturated rings. The first-order chi connectivity index (χ1) is 9.04. The first-order valence-corrected chi connectivity index (χ1v) is 7.65. The number of carbonyl (C=O) groups excluding carboxylic acids is 1. The smallest absolute Gasteiger partial charge is 0.212 e. The number of rotatable bonds is 4. The van der Waals surface area contributed by atoms with Crippen LogP contribution in [-0.4, -0.2) is 15.6 Å². The predicted octanol–water partition coefficient (Wildman–Crippen LogP) is 4.36. The molecule has 100 valence electrons. The molecule has 0 amide bonds. The van der Waals surface area contributed by atoms with Crippen LogP contribution in [0, 0.1) is 6.92 Å². The molecule has 0 unspecified atom stereocenters. The number of ketones is 1. The van der Waals surface area contributed by atoms with Crippen molar-refractivity contribution in [3.05, 3.63) is 50.2 Å². The van der Waals surface area contributed by atoms with Crippen molar-refractivity contribution in [2.75, 3.05) is 0 Å². The lowest BCUT2D eigenvalue weighted by Crippen LogP contribution is -2.13. The molecule has 0 atom stereocenters. The normalized spacial score (nSPS) is 10.7. The molecule has 0 spiro atoms. The van der Waals surface area contributed by atoms with E-state index >= 15 is 0 Å². The number of benzene rings is 1. The molecule has 2 rings (SSSR count). The van der Waals surface area contributed by atoms with Crippen molar-refractivity contribution in [3.8, 4) is 0 Å². The van der Waals surface area contributed by atoms with E-state index in [2.05, 4.69) is 43.9 Å². The highest BCUT2D eigenvalue weighted by atomic mass is 79.9. The SMILES string of the molecule is CCCn1ncc(Br)c1C(=O)c1ccc(Br)cc1C. The predicted molar refractivity (Wildman–Crippen MR) is 82.5 cm³/mol. The molecule has 3 nitrogen and oxygen atoms in total. The van der Waals surface area contributed by atoms with E-state index in [-0.39, 0.29) is 5.78 Å². The highest BCUT2D eigenvalue weighted by molar-refractivity contribution is 9.10. The fourth-order valence-electron chi connectivity index (χ4n) is 1.98. The van der Waals surface area contributed by atoms with Crippen LogP contribution in [0.25, 0.3) is 0 Å². The largest absolute Gasteiger partial charge is 0.287 e. The quantitative estimate of drug-likeness (QED) is 0.733. The van der Waals surface area contributed by atoms with Gasteiger partial charge in [0.25, 0.3) is 0 Å². The Hall–Kier alpha value is -0.940. The molecule has 0 aliphatic heterocycles. The van der Waals surface area contributed by atoms with Crippen molar-refractivity contribution in [2.45, 2.75) is 26.8 Å². The van der Waals surface area contributed by atoms with E-state index in [0.717, 1.165) is 27.5 Å². The number of aromatic nitrogens is 2. The number of hydrogen-bond acceptors (Lipinski definition) is 2. The Labute approximate surface area is 129 Å². The van der Waals surface area contributed by atoms with E-state index in [9.17, 15) is 4.79 Å². The minimum Gasteiger partial charge on any atom is -0.287 e. The summed E-state index contributed by atoms with van der Waals surface area (Å²) in [5.41, 5.74) is 2.28. The van der Waals surface area contributed by atoms with E-state index in [1.54, 1.807) is 10.9 Å². The van der Waals surface area contributed by atoms with Crippen LogP contribution in [-0.2, 0) is 6.54 Å². The Balaban J connectivity index is 2.46. The Bertz CT molecular complexity index is 620. The highest BCUT2D eigenvalue weighted by Crippen LogP contribution is 2.23. The Kier molecular flexibility index (Phi) is 4.58. The maximum absolute atomic E-state index is 12.6. The molecule has 0 aliphatic carbocycles. The summed E-state index contributed by atoms with van der Waals surface area (Å²) in [6, 6.07) is 5.67. The lowest BCUT2D eigenvalue weighted by Gasteiger charge is -2.08. The first-order valence-electron chi connectivity index (χ1n) is 6.06.